The number of nitrogen functional groups attached to an aromatic ring is 1. The minimum atomic E-state index is -0.354. The third-order valence-electron chi connectivity index (χ3n) is 7.08. The molecule has 1 aliphatic heterocycles. The van der Waals surface area contributed by atoms with Gasteiger partial charge < -0.3 is 20.5 Å². The maximum atomic E-state index is 13.8. The topological polar surface area (TPSA) is 117 Å². The first-order valence-electron chi connectivity index (χ1n) is 13.3. The summed E-state index contributed by atoms with van der Waals surface area (Å²) < 4.78 is 26.8. The molecule has 3 aromatic heterocycles. The van der Waals surface area contributed by atoms with E-state index >= 15 is 0 Å². The fraction of sp³-hybridized carbons (Fsp3) is 0.267. The zero-order valence-corrected chi connectivity index (χ0v) is 22.1. The highest BCUT2D eigenvalue weighted by atomic mass is 19.1. The molecule has 10 heteroatoms. The minimum Gasteiger partial charge on any atom is -0.381 e. The number of nitrogens with one attached hydrogen (secondary N) is 1. The number of halogens is 1. The lowest BCUT2D eigenvalue weighted by atomic mass is 10.0. The van der Waals surface area contributed by atoms with Crippen LogP contribution in [0.15, 0.2) is 60.9 Å². The summed E-state index contributed by atoms with van der Waals surface area (Å²) >= 11 is 0. The van der Waals surface area contributed by atoms with E-state index in [1.54, 1.807) is 28.9 Å². The van der Waals surface area contributed by atoms with E-state index in [1.165, 1.54) is 12.1 Å². The standard InChI is InChI=1S/C30H29FN6O3/c1-18-10-11-33-24-9-6-20(15-23(18)24)27-26(19-4-7-21(31)8-5-19)36-28(32)29-35-25(16-37(27)29)30(38)34-12-14-39-17-22-3-2-13-40-22/h4-11,15-16,22H,2-3,12-14,17H2,1H3,(H2,32,36)(H,34,38). The van der Waals surface area contributed by atoms with E-state index in [2.05, 4.69) is 20.3 Å². The maximum Gasteiger partial charge on any atom is 0.271 e. The number of amides is 1. The summed E-state index contributed by atoms with van der Waals surface area (Å²) in [5.41, 5.74) is 11.6. The molecule has 0 spiro atoms. The second-order valence-corrected chi connectivity index (χ2v) is 9.85. The highest BCUT2D eigenvalue weighted by Crippen LogP contribution is 2.35. The number of anilines is 1. The Morgan fingerprint density at radius 2 is 2.00 bits per heavy atom. The van der Waals surface area contributed by atoms with Crippen LogP contribution >= 0.6 is 0 Å². The zero-order chi connectivity index (χ0) is 27.6. The Morgan fingerprint density at radius 3 is 2.80 bits per heavy atom. The van der Waals surface area contributed by atoms with Crippen LogP contribution in [0.5, 0.6) is 0 Å². The molecule has 5 aromatic rings. The first-order chi connectivity index (χ1) is 19.5. The number of carbonyl (C=O) groups is 1. The van der Waals surface area contributed by atoms with E-state index in [9.17, 15) is 9.18 Å². The van der Waals surface area contributed by atoms with Crippen LogP contribution in [0.1, 0.15) is 28.9 Å². The predicted octanol–water partition coefficient (Wildman–Crippen LogP) is 4.57. The number of aryl methyl sites for hydroxylation is 1. The molecule has 0 saturated carbocycles. The average Bonchev–Trinajstić information content (AvgIpc) is 3.64. The number of aromatic nitrogens is 4. The molecule has 1 atom stereocenters. The van der Waals surface area contributed by atoms with Crippen molar-refractivity contribution in [2.75, 3.05) is 32.1 Å². The molecule has 2 aromatic carbocycles. The van der Waals surface area contributed by atoms with Gasteiger partial charge in [0.2, 0.25) is 0 Å². The number of ether oxygens (including phenoxy) is 2. The molecule has 1 unspecified atom stereocenters. The van der Waals surface area contributed by atoms with E-state index in [0.29, 0.717) is 42.4 Å². The third-order valence-corrected chi connectivity index (χ3v) is 7.08. The van der Waals surface area contributed by atoms with Gasteiger partial charge in [-0.05, 0) is 67.8 Å². The van der Waals surface area contributed by atoms with Crippen molar-refractivity contribution in [1.29, 1.82) is 0 Å². The molecule has 9 nitrogen and oxygen atoms in total. The molecule has 3 N–H and O–H groups in total. The van der Waals surface area contributed by atoms with Gasteiger partial charge in [-0.25, -0.2) is 14.4 Å². The van der Waals surface area contributed by atoms with Crippen LogP contribution < -0.4 is 11.1 Å². The van der Waals surface area contributed by atoms with Crippen LogP contribution in [-0.4, -0.2) is 57.7 Å². The van der Waals surface area contributed by atoms with Gasteiger partial charge >= 0.3 is 0 Å². The molecule has 40 heavy (non-hydrogen) atoms. The summed E-state index contributed by atoms with van der Waals surface area (Å²) in [5.74, 6) is -0.551. The number of nitrogens with two attached hydrogens (primary N) is 1. The third kappa shape index (κ3) is 5.11. The second-order valence-electron chi connectivity index (χ2n) is 9.85. The molecule has 0 radical (unpaired) electrons. The SMILES string of the molecule is Cc1ccnc2ccc(-c3c(-c4ccc(F)cc4)nc(N)c4nc(C(=O)NCCOCC5CCCO5)cn34)cc12. The monoisotopic (exact) mass is 540 g/mol. The van der Waals surface area contributed by atoms with Gasteiger partial charge in [-0.3, -0.25) is 14.2 Å². The van der Waals surface area contributed by atoms with Crippen molar-refractivity contribution in [2.24, 2.45) is 0 Å². The lowest BCUT2D eigenvalue weighted by Gasteiger charge is -2.14. The van der Waals surface area contributed by atoms with Crippen LogP contribution in [-0.2, 0) is 9.47 Å². The fourth-order valence-electron chi connectivity index (χ4n) is 5.01. The molecule has 1 saturated heterocycles. The molecule has 1 fully saturated rings. The molecular formula is C30H29FN6O3. The van der Waals surface area contributed by atoms with Crippen molar-refractivity contribution < 1.29 is 18.7 Å². The first-order valence-corrected chi connectivity index (χ1v) is 13.3. The molecule has 6 rings (SSSR count). The number of benzene rings is 2. The van der Waals surface area contributed by atoms with Gasteiger partial charge in [0.15, 0.2) is 11.5 Å². The van der Waals surface area contributed by atoms with Gasteiger partial charge in [-0.2, -0.15) is 0 Å². The molecule has 1 amide bonds. The molecule has 204 valence electrons. The summed E-state index contributed by atoms with van der Waals surface area (Å²) in [4.78, 5) is 26.7. The number of rotatable bonds is 8. The molecule has 4 heterocycles. The summed E-state index contributed by atoms with van der Waals surface area (Å²) in [5, 5.41) is 3.84. The molecule has 1 aliphatic rings. The Bertz CT molecular complexity index is 1700. The number of carbonyl (C=O) groups excluding carboxylic acids is 1. The van der Waals surface area contributed by atoms with Crippen LogP contribution in [0.2, 0.25) is 0 Å². The number of pyridine rings is 1. The van der Waals surface area contributed by atoms with Gasteiger partial charge in [-0.15, -0.1) is 0 Å². The quantitative estimate of drug-likeness (QED) is 0.277. The van der Waals surface area contributed by atoms with Crippen LogP contribution in [0, 0.1) is 12.7 Å². The van der Waals surface area contributed by atoms with Crippen molar-refractivity contribution in [2.45, 2.75) is 25.9 Å². The van der Waals surface area contributed by atoms with Crippen LogP contribution in [0.25, 0.3) is 39.1 Å². The van der Waals surface area contributed by atoms with Gasteiger partial charge in [0.05, 0.1) is 36.2 Å². The van der Waals surface area contributed by atoms with E-state index in [4.69, 9.17) is 15.2 Å². The summed E-state index contributed by atoms with van der Waals surface area (Å²) in [6.45, 7) is 4.01. The smallest absolute Gasteiger partial charge is 0.271 e. The van der Waals surface area contributed by atoms with Gasteiger partial charge in [0, 0.05) is 42.1 Å². The number of nitrogens with zero attached hydrogens (tertiary/aromatic N) is 4. The van der Waals surface area contributed by atoms with E-state index in [-0.39, 0.29) is 29.3 Å². The van der Waals surface area contributed by atoms with Crippen molar-refractivity contribution >= 4 is 28.3 Å². The summed E-state index contributed by atoms with van der Waals surface area (Å²) in [7, 11) is 0. The number of hydrogen-bond donors (Lipinski definition) is 2. The van der Waals surface area contributed by atoms with Gasteiger partial charge in [-0.1, -0.05) is 6.07 Å². The number of fused-ring (bicyclic) bond motifs is 2. The molecule has 0 bridgehead atoms. The highest BCUT2D eigenvalue weighted by molar-refractivity contribution is 5.95. The van der Waals surface area contributed by atoms with Gasteiger partial charge in [0.25, 0.3) is 5.91 Å². The Labute approximate surface area is 230 Å². The summed E-state index contributed by atoms with van der Waals surface area (Å²) in [6.07, 6.45) is 5.61. The van der Waals surface area contributed by atoms with Crippen molar-refractivity contribution in [3.05, 3.63) is 78.0 Å². The zero-order valence-electron chi connectivity index (χ0n) is 22.1. The Morgan fingerprint density at radius 1 is 1.18 bits per heavy atom. The minimum absolute atomic E-state index is 0.132. The highest BCUT2D eigenvalue weighted by Gasteiger charge is 2.21. The van der Waals surface area contributed by atoms with Crippen molar-refractivity contribution in [3.8, 4) is 22.5 Å². The lowest BCUT2D eigenvalue weighted by Crippen LogP contribution is -2.28. The van der Waals surface area contributed by atoms with E-state index in [1.807, 2.05) is 31.2 Å². The van der Waals surface area contributed by atoms with Crippen LogP contribution in [0.3, 0.4) is 0 Å². The second kappa shape index (κ2) is 11.0. The fourth-order valence-corrected chi connectivity index (χ4v) is 5.01. The largest absolute Gasteiger partial charge is 0.381 e. The van der Waals surface area contributed by atoms with Crippen LogP contribution in [0.4, 0.5) is 10.2 Å². The first kappa shape index (κ1) is 25.8. The Kier molecular flexibility index (Phi) is 7.10. The average molecular weight is 541 g/mol. The molecular weight excluding hydrogens is 511 g/mol. The summed E-state index contributed by atoms with van der Waals surface area (Å²) in [6, 6.07) is 13.9. The van der Waals surface area contributed by atoms with E-state index in [0.717, 1.165) is 41.5 Å². The van der Waals surface area contributed by atoms with Gasteiger partial charge in [0.1, 0.15) is 11.5 Å². The number of imidazole rings is 1. The molecule has 0 aliphatic carbocycles. The Balaban J connectivity index is 1.37. The Hall–Kier alpha value is -4.41. The number of hydrogen-bond acceptors (Lipinski definition) is 7. The van der Waals surface area contributed by atoms with E-state index < -0.39 is 0 Å². The maximum absolute atomic E-state index is 13.8. The normalized spacial score (nSPS) is 15.2. The predicted molar refractivity (Wildman–Crippen MR) is 150 cm³/mol. The van der Waals surface area contributed by atoms with Crippen molar-refractivity contribution in [3.63, 3.8) is 0 Å². The van der Waals surface area contributed by atoms with Crippen molar-refractivity contribution in [1.82, 2.24) is 24.7 Å². The lowest BCUT2D eigenvalue weighted by molar-refractivity contribution is 0.0183.